The van der Waals surface area contributed by atoms with E-state index >= 15 is 0 Å². The summed E-state index contributed by atoms with van der Waals surface area (Å²) in [5, 5.41) is 3.22. The molecule has 222 valence electrons. The molecule has 1 aromatic carbocycles. The summed E-state index contributed by atoms with van der Waals surface area (Å²) in [4.78, 5) is 33.5. The Morgan fingerprint density at radius 2 is 1.76 bits per heavy atom. The number of nitrogens with one attached hydrogen (secondary N) is 1. The molecule has 10 nitrogen and oxygen atoms in total. The van der Waals surface area contributed by atoms with Gasteiger partial charge >= 0.3 is 0 Å². The molecule has 0 bridgehead atoms. The molecule has 0 spiro atoms. The number of carbonyl (C=O) groups excluding carboxylic acids is 1. The zero-order valence-electron chi connectivity index (χ0n) is 24.1. The van der Waals surface area contributed by atoms with Crippen LogP contribution in [0.25, 0.3) is 16.9 Å². The predicted molar refractivity (Wildman–Crippen MR) is 155 cm³/mol. The van der Waals surface area contributed by atoms with Crippen LogP contribution < -0.4 is 10.2 Å². The van der Waals surface area contributed by atoms with Crippen molar-refractivity contribution in [2.75, 3.05) is 63.7 Å². The van der Waals surface area contributed by atoms with E-state index in [4.69, 9.17) is 9.72 Å². The van der Waals surface area contributed by atoms with Crippen molar-refractivity contribution >= 4 is 28.7 Å². The number of rotatable bonds is 10. The van der Waals surface area contributed by atoms with Crippen LogP contribution in [-0.4, -0.2) is 101 Å². The Labute approximate surface area is 239 Å². The van der Waals surface area contributed by atoms with Crippen LogP contribution in [0.2, 0.25) is 0 Å². The molecule has 2 aromatic heterocycles. The Morgan fingerprint density at radius 3 is 2.46 bits per heavy atom. The lowest BCUT2D eigenvalue weighted by Crippen LogP contribution is -2.50. The molecule has 3 heterocycles. The molecule has 1 atom stereocenters. The van der Waals surface area contributed by atoms with Crippen LogP contribution in [-0.2, 0) is 9.53 Å². The number of hydrogen-bond acceptors (Lipinski definition) is 8. The van der Waals surface area contributed by atoms with Gasteiger partial charge in [-0.15, -0.1) is 0 Å². The molecule has 12 heteroatoms. The van der Waals surface area contributed by atoms with Crippen LogP contribution in [0.1, 0.15) is 51.3 Å². The van der Waals surface area contributed by atoms with E-state index in [1.807, 2.05) is 30.8 Å². The summed E-state index contributed by atoms with van der Waals surface area (Å²) < 4.78 is 35.3. The Kier molecular flexibility index (Phi) is 9.29. The highest BCUT2D eigenvalue weighted by Gasteiger charge is 2.30. The van der Waals surface area contributed by atoms with Gasteiger partial charge < -0.3 is 24.8 Å². The fourth-order valence-corrected chi connectivity index (χ4v) is 5.66. The van der Waals surface area contributed by atoms with Crippen LogP contribution in [0.4, 0.5) is 20.5 Å². The Bertz CT molecular complexity index is 1320. The Balaban J connectivity index is 1.49. The lowest BCUT2D eigenvalue weighted by molar-refractivity contribution is -0.134. The smallest absolute Gasteiger partial charge is 0.296 e. The zero-order valence-corrected chi connectivity index (χ0v) is 24.1. The van der Waals surface area contributed by atoms with Gasteiger partial charge in [0.05, 0.1) is 24.2 Å². The summed E-state index contributed by atoms with van der Waals surface area (Å²) in [6, 6.07) is 8.31. The number of amides is 1. The first kappa shape index (κ1) is 29.1. The normalized spacial score (nSPS) is 17.4. The van der Waals surface area contributed by atoms with E-state index in [2.05, 4.69) is 20.2 Å². The number of nitrogens with zero attached hydrogens (tertiary/aromatic N) is 7. The molecule has 5 rings (SSSR count). The minimum atomic E-state index is -2.80. The third-order valence-electron chi connectivity index (χ3n) is 7.85. The van der Waals surface area contributed by atoms with Crippen LogP contribution in [0.3, 0.4) is 0 Å². The number of benzene rings is 1. The van der Waals surface area contributed by atoms with Gasteiger partial charge in [0.2, 0.25) is 11.9 Å². The number of carbonyl (C=O) groups is 1. The maximum atomic E-state index is 14.2. The average molecular weight is 571 g/mol. The van der Waals surface area contributed by atoms with E-state index in [-0.39, 0.29) is 29.5 Å². The van der Waals surface area contributed by atoms with E-state index in [9.17, 15) is 13.6 Å². The van der Waals surface area contributed by atoms with Crippen LogP contribution in [0.15, 0.2) is 30.3 Å². The quantitative estimate of drug-likeness (QED) is 0.390. The number of halogens is 2. The van der Waals surface area contributed by atoms with Crippen LogP contribution >= 0.6 is 0 Å². The van der Waals surface area contributed by atoms with Gasteiger partial charge in [0.15, 0.2) is 5.82 Å². The first-order valence-electron chi connectivity index (χ1n) is 14.5. The second-order valence-electron chi connectivity index (χ2n) is 11.1. The minimum Gasteiger partial charge on any atom is -0.378 e. The van der Waals surface area contributed by atoms with Crippen molar-refractivity contribution in [3.05, 3.63) is 36.2 Å². The number of ether oxygens (including phenoxy) is 1. The molecule has 2 aliphatic rings. The molecular formula is C29H40F2N8O2. The van der Waals surface area contributed by atoms with Gasteiger partial charge in [-0.3, -0.25) is 9.36 Å². The largest absolute Gasteiger partial charge is 0.378 e. The SMILES string of the molecule is C[C@H](Nc1nc(N2CCOCC2)cc(-n2c(C(F)F)nc3ccccc32)n1)C(=O)N(CCN(C)C)C1CCCCC1. The number of anilines is 2. The lowest BCUT2D eigenvalue weighted by Gasteiger charge is -2.37. The summed E-state index contributed by atoms with van der Waals surface area (Å²) in [6.45, 7) is 5.52. The Morgan fingerprint density at radius 1 is 1.05 bits per heavy atom. The van der Waals surface area contributed by atoms with Crippen molar-refractivity contribution in [2.45, 2.75) is 57.5 Å². The van der Waals surface area contributed by atoms with Gasteiger partial charge in [-0.05, 0) is 46.0 Å². The highest BCUT2D eigenvalue weighted by molar-refractivity contribution is 5.84. The van der Waals surface area contributed by atoms with E-state index in [0.29, 0.717) is 49.7 Å². The molecule has 1 amide bonds. The average Bonchev–Trinajstić information content (AvgIpc) is 3.38. The molecule has 1 aliphatic heterocycles. The second-order valence-corrected chi connectivity index (χ2v) is 11.1. The zero-order chi connectivity index (χ0) is 28.9. The number of alkyl halides is 2. The number of para-hydroxylation sites is 2. The van der Waals surface area contributed by atoms with Crippen molar-refractivity contribution in [2.24, 2.45) is 0 Å². The summed E-state index contributed by atoms with van der Waals surface area (Å²) in [6.07, 6.45) is 2.65. The topological polar surface area (TPSA) is 91.6 Å². The molecular weight excluding hydrogens is 530 g/mol. The second kappa shape index (κ2) is 13.1. The van der Waals surface area contributed by atoms with Crippen LogP contribution in [0.5, 0.6) is 0 Å². The standard InChI is InChI=1S/C29H40F2N8O2/c1-20(28(40)38(14-13-36(2)3)21-9-5-4-6-10-21)32-29-34-24(37-15-17-41-18-16-37)19-25(35-29)39-23-12-8-7-11-22(23)33-27(39)26(30)31/h7-8,11-12,19-21,26H,4-6,9-10,13-18H2,1-3H3,(H,32,34,35)/t20-/m0/s1. The predicted octanol–water partition coefficient (Wildman–Crippen LogP) is 4.11. The molecule has 0 radical (unpaired) electrons. The molecule has 2 fully saturated rings. The van der Waals surface area contributed by atoms with E-state index in [0.717, 1.165) is 32.2 Å². The van der Waals surface area contributed by atoms with E-state index < -0.39 is 12.5 Å². The maximum absolute atomic E-state index is 14.2. The fraction of sp³-hybridized carbons (Fsp3) is 0.586. The summed E-state index contributed by atoms with van der Waals surface area (Å²) in [7, 11) is 4.01. The van der Waals surface area contributed by atoms with Gasteiger partial charge in [0.1, 0.15) is 17.7 Å². The fourth-order valence-electron chi connectivity index (χ4n) is 5.66. The minimum absolute atomic E-state index is 0.0120. The van der Waals surface area contributed by atoms with Gasteiger partial charge in [-0.1, -0.05) is 31.4 Å². The van der Waals surface area contributed by atoms with Gasteiger partial charge in [-0.25, -0.2) is 13.8 Å². The highest BCUT2D eigenvalue weighted by Crippen LogP contribution is 2.30. The lowest BCUT2D eigenvalue weighted by atomic mass is 9.93. The van der Waals surface area contributed by atoms with Crippen molar-refractivity contribution in [3.63, 3.8) is 0 Å². The van der Waals surface area contributed by atoms with Gasteiger partial charge in [0.25, 0.3) is 6.43 Å². The van der Waals surface area contributed by atoms with Crippen LogP contribution in [0, 0.1) is 0 Å². The summed E-state index contributed by atoms with van der Waals surface area (Å²) in [5.74, 6) is 0.653. The number of hydrogen-bond donors (Lipinski definition) is 1. The molecule has 3 aromatic rings. The van der Waals surface area contributed by atoms with Crippen molar-refractivity contribution < 1.29 is 18.3 Å². The summed E-state index contributed by atoms with van der Waals surface area (Å²) in [5.41, 5.74) is 0.980. The van der Waals surface area contributed by atoms with Crippen molar-refractivity contribution in [3.8, 4) is 5.82 Å². The third-order valence-corrected chi connectivity index (χ3v) is 7.85. The molecule has 1 aliphatic carbocycles. The number of imidazole rings is 1. The first-order valence-corrected chi connectivity index (χ1v) is 14.5. The van der Waals surface area contributed by atoms with Crippen molar-refractivity contribution in [1.29, 1.82) is 0 Å². The monoisotopic (exact) mass is 570 g/mol. The highest BCUT2D eigenvalue weighted by atomic mass is 19.3. The molecule has 1 N–H and O–H groups in total. The molecule has 0 unspecified atom stereocenters. The van der Waals surface area contributed by atoms with Gasteiger partial charge in [-0.2, -0.15) is 9.97 Å². The number of fused-ring (bicyclic) bond motifs is 1. The van der Waals surface area contributed by atoms with E-state index in [1.165, 1.54) is 11.0 Å². The Hall–Kier alpha value is -3.38. The molecule has 1 saturated carbocycles. The molecule has 1 saturated heterocycles. The number of morpholine rings is 1. The van der Waals surface area contributed by atoms with Crippen molar-refractivity contribution in [1.82, 2.24) is 29.3 Å². The maximum Gasteiger partial charge on any atom is 0.296 e. The number of aromatic nitrogens is 4. The molecule has 41 heavy (non-hydrogen) atoms. The first-order chi connectivity index (χ1) is 19.8. The van der Waals surface area contributed by atoms with E-state index in [1.54, 1.807) is 30.3 Å². The number of likely N-dealkylation sites (N-methyl/N-ethyl adjacent to an activating group) is 1. The summed E-state index contributed by atoms with van der Waals surface area (Å²) >= 11 is 0. The van der Waals surface area contributed by atoms with Gasteiger partial charge in [0, 0.05) is 38.3 Å². The third kappa shape index (κ3) is 6.75.